The Labute approximate surface area is 175 Å². The highest BCUT2D eigenvalue weighted by molar-refractivity contribution is 7.91. The van der Waals surface area contributed by atoms with E-state index in [0.29, 0.717) is 28.0 Å². The Balaban J connectivity index is 1.57. The average molecular weight is 447 g/mol. The first-order valence-electron chi connectivity index (χ1n) is 8.62. The Bertz CT molecular complexity index is 1220. The maximum absolute atomic E-state index is 13.3. The molecular weight excluding hydrogens is 432 g/mol. The molecule has 154 valence electrons. The van der Waals surface area contributed by atoms with Crippen LogP contribution >= 0.6 is 11.3 Å². The zero-order valence-electron chi connectivity index (χ0n) is 15.4. The van der Waals surface area contributed by atoms with E-state index in [0.717, 1.165) is 23.5 Å². The lowest BCUT2D eigenvalue weighted by atomic mass is 10.1. The van der Waals surface area contributed by atoms with Crippen molar-refractivity contribution in [1.29, 1.82) is 5.26 Å². The minimum atomic E-state index is -3.72. The van der Waals surface area contributed by atoms with Crippen molar-refractivity contribution in [3.05, 3.63) is 81.9 Å². The van der Waals surface area contributed by atoms with Crippen LogP contribution in [0.2, 0.25) is 0 Å². The molecule has 0 unspecified atom stereocenters. The van der Waals surface area contributed by atoms with Gasteiger partial charge in [-0.05, 0) is 35.4 Å². The summed E-state index contributed by atoms with van der Waals surface area (Å²) >= 11 is 1.12. The maximum Gasteiger partial charge on any atom is 0.241 e. The molecular formula is C20H15F2N3O3S2. The molecule has 3 rings (SSSR count). The van der Waals surface area contributed by atoms with Gasteiger partial charge in [0.2, 0.25) is 5.91 Å². The van der Waals surface area contributed by atoms with Gasteiger partial charge < -0.3 is 5.32 Å². The number of hydrogen-bond donors (Lipinski definition) is 1. The lowest BCUT2D eigenvalue weighted by Crippen LogP contribution is -2.23. The summed E-state index contributed by atoms with van der Waals surface area (Å²) in [5.74, 6) is -3.65. The molecule has 0 spiro atoms. The number of rotatable bonds is 7. The summed E-state index contributed by atoms with van der Waals surface area (Å²) in [5.41, 5.74) is 1.43. The topological polar surface area (TPSA) is 99.9 Å². The van der Waals surface area contributed by atoms with E-state index in [1.165, 1.54) is 36.5 Å². The molecule has 0 saturated carbocycles. The molecule has 2 aromatic carbocycles. The van der Waals surface area contributed by atoms with Crippen molar-refractivity contribution >= 4 is 32.2 Å². The van der Waals surface area contributed by atoms with Crippen LogP contribution in [0.4, 0.5) is 13.9 Å². The van der Waals surface area contributed by atoms with E-state index in [1.807, 2.05) is 6.07 Å². The van der Waals surface area contributed by atoms with Gasteiger partial charge in [0, 0.05) is 17.5 Å². The molecule has 1 amide bonds. The van der Waals surface area contributed by atoms with Gasteiger partial charge in [0.25, 0.3) is 0 Å². The number of aromatic nitrogens is 1. The molecule has 0 atom stereocenters. The zero-order valence-corrected chi connectivity index (χ0v) is 17.1. The molecule has 0 aliphatic heterocycles. The van der Waals surface area contributed by atoms with E-state index in [4.69, 9.17) is 5.26 Å². The summed E-state index contributed by atoms with van der Waals surface area (Å²) < 4.78 is 50.8. The van der Waals surface area contributed by atoms with E-state index in [-0.39, 0.29) is 10.9 Å². The first-order valence-corrected chi connectivity index (χ1v) is 11.3. The van der Waals surface area contributed by atoms with Crippen molar-refractivity contribution in [1.82, 2.24) is 4.98 Å². The Kier molecular flexibility index (Phi) is 6.54. The van der Waals surface area contributed by atoms with Gasteiger partial charge in [-0.1, -0.05) is 18.2 Å². The van der Waals surface area contributed by atoms with Gasteiger partial charge in [-0.15, -0.1) is 11.3 Å². The fourth-order valence-corrected chi connectivity index (χ4v) is 4.77. The number of thiazole rings is 1. The number of carbonyl (C=O) groups is 1. The van der Waals surface area contributed by atoms with Gasteiger partial charge in [0.05, 0.1) is 17.4 Å². The van der Waals surface area contributed by atoms with Crippen LogP contribution in [0, 0.1) is 23.0 Å². The molecule has 6 nitrogen and oxygen atoms in total. The van der Waals surface area contributed by atoms with E-state index in [2.05, 4.69) is 10.3 Å². The van der Waals surface area contributed by atoms with Gasteiger partial charge in [-0.3, -0.25) is 4.79 Å². The monoisotopic (exact) mass is 447 g/mol. The minimum absolute atomic E-state index is 0.214. The van der Waals surface area contributed by atoms with Gasteiger partial charge in [0.1, 0.15) is 5.75 Å². The molecule has 0 radical (unpaired) electrons. The molecule has 30 heavy (non-hydrogen) atoms. The number of halogens is 2. The van der Waals surface area contributed by atoms with Gasteiger partial charge in [-0.25, -0.2) is 22.2 Å². The summed E-state index contributed by atoms with van der Waals surface area (Å²) in [6.07, 6.45) is 1.77. The summed E-state index contributed by atoms with van der Waals surface area (Å²) in [4.78, 5) is 16.8. The fourth-order valence-electron chi connectivity index (χ4n) is 2.63. The van der Waals surface area contributed by atoms with Gasteiger partial charge >= 0.3 is 0 Å². The fraction of sp³-hybridized carbons (Fsp3) is 0.150. The number of benzene rings is 2. The molecule has 3 aromatic rings. The highest BCUT2D eigenvalue weighted by Crippen LogP contribution is 2.22. The highest BCUT2D eigenvalue weighted by Gasteiger charge is 2.19. The molecule has 1 heterocycles. The molecule has 0 saturated heterocycles. The Morgan fingerprint density at radius 1 is 1.10 bits per heavy atom. The third-order valence-electron chi connectivity index (χ3n) is 3.98. The van der Waals surface area contributed by atoms with Crippen LogP contribution in [0.1, 0.15) is 21.6 Å². The lowest BCUT2D eigenvalue weighted by Gasteiger charge is -2.05. The third-order valence-corrected chi connectivity index (χ3v) is 6.37. The van der Waals surface area contributed by atoms with Crippen LogP contribution in [-0.4, -0.2) is 25.1 Å². The smallest absolute Gasteiger partial charge is 0.241 e. The maximum atomic E-state index is 13.3. The second-order valence-corrected chi connectivity index (χ2v) is 9.63. The van der Waals surface area contributed by atoms with Gasteiger partial charge in [-0.2, -0.15) is 5.26 Å². The zero-order chi connectivity index (χ0) is 21.7. The normalized spacial score (nSPS) is 11.1. The third kappa shape index (κ3) is 5.92. The van der Waals surface area contributed by atoms with Crippen molar-refractivity contribution in [3.63, 3.8) is 0 Å². The van der Waals surface area contributed by atoms with Crippen molar-refractivity contribution < 1.29 is 22.0 Å². The predicted molar refractivity (Wildman–Crippen MR) is 109 cm³/mol. The SMILES string of the molecule is N#Cc1ccc(CS(=O)(=O)CC(=O)Nc2ncc(Cc3ccc(F)c(F)c3)s2)cc1. The van der Waals surface area contributed by atoms with Crippen LogP contribution < -0.4 is 5.32 Å². The first-order chi connectivity index (χ1) is 14.2. The molecule has 1 aromatic heterocycles. The summed E-state index contributed by atoms with van der Waals surface area (Å²) in [5, 5.41) is 11.4. The van der Waals surface area contributed by atoms with E-state index < -0.39 is 33.1 Å². The number of anilines is 1. The molecule has 0 aliphatic rings. The number of carbonyl (C=O) groups excluding carboxylic acids is 1. The first kappa shape index (κ1) is 21.5. The number of sulfone groups is 1. The minimum Gasteiger partial charge on any atom is -0.301 e. The van der Waals surface area contributed by atoms with Crippen molar-refractivity contribution in [3.8, 4) is 6.07 Å². The number of amides is 1. The van der Waals surface area contributed by atoms with Gasteiger partial charge in [0.15, 0.2) is 26.6 Å². The molecule has 1 N–H and O–H groups in total. The Hall–Kier alpha value is -3.16. The van der Waals surface area contributed by atoms with E-state index in [9.17, 15) is 22.0 Å². The van der Waals surface area contributed by atoms with Crippen molar-refractivity contribution in [2.75, 3.05) is 11.1 Å². The van der Waals surface area contributed by atoms with E-state index in [1.54, 1.807) is 0 Å². The van der Waals surface area contributed by atoms with Crippen LogP contribution in [-0.2, 0) is 26.8 Å². The second-order valence-electron chi connectivity index (χ2n) is 6.45. The Morgan fingerprint density at radius 3 is 2.47 bits per heavy atom. The van der Waals surface area contributed by atoms with Crippen molar-refractivity contribution in [2.24, 2.45) is 0 Å². The molecule has 0 fully saturated rings. The Morgan fingerprint density at radius 2 is 1.80 bits per heavy atom. The number of nitrogens with zero attached hydrogens (tertiary/aromatic N) is 2. The lowest BCUT2D eigenvalue weighted by molar-refractivity contribution is -0.113. The summed E-state index contributed by atoms with van der Waals surface area (Å²) in [6, 6.07) is 11.6. The summed E-state index contributed by atoms with van der Waals surface area (Å²) in [6.45, 7) is 0. The van der Waals surface area contributed by atoms with Crippen LogP contribution in [0.25, 0.3) is 0 Å². The molecule has 0 aliphatic carbocycles. The number of nitriles is 1. The standard InChI is InChI=1S/C20H15F2N3O3S2/c21-17-6-5-15(8-18(17)22)7-16-10-24-20(29-16)25-19(26)12-30(27,28)11-14-3-1-13(9-23)2-4-14/h1-6,8,10H,7,11-12H2,(H,24,25,26). The largest absolute Gasteiger partial charge is 0.301 e. The predicted octanol–water partition coefficient (Wildman–Crippen LogP) is 3.44. The molecule has 10 heteroatoms. The number of hydrogen-bond acceptors (Lipinski definition) is 6. The number of nitrogens with one attached hydrogen (secondary N) is 1. The quantitative estimate of drug-likeness (QED) is 0.598. The van der Waals surface area contributed by atoms with Crippen LogP contribution in [0.3, 0.4) is 0 Å². The van der Waals surface area contributed by atoms with E-state index >= 15 is 0 Å². The summed E-state index contributed by atoms with van der Waals surface area (Å²) in [7, 11) is -3.72. The second kappa shape index (κ2) is 9.11. The van der Waals surface area contributed by atoms with Crippen molar-refractivity contribution in [2.45, 2.75) is 12.2 Å². The average Bonchev–Trinajstić information content (AvgIpc) is 3.11. The molecule has 0 bridgehead atoms. The van der Waals surface area contributed by atoms with Crippen LogP contribution in [0.15, 0.2) is 48.7 Å². The van der Waals surface area contributed by atoms with Crippen LogP contribution in [0.5, 0.6) is 0 Å². The highest BCUT2D eigenvalue weighted by atomic mass is 32.2.